The fourth-order valence-electron chi connectivity index (χ4n) is 1.44. The van der Waals surface area contributed by atoms with Crippen LogP contribution in [0.4, 0.5) is 0 Å². The van der Waals surface area contributed by atoms with Gasteiger partial charge in [0.1, 0.15) is 5.75 Å². The Labute approximate surface area is 121 Å². The lowest BCUT2D eigenvalue weighted by molar-refractivity contribution is 0.291. The summed E-state index contributed by atoms with van der Waals surface area (Å²) in [5, 5.41) is 0. The molecule has 1 rings (SSSR count). The molecule has 0 spiro atoms. The molecule has 0 bridgehead atoms. The highest BCUT2D eigenvalue weighted by molar-refractivity contribution is 9.10. The van der Waals surface area contributed by atoms with Gasteiger partial charge in [-0.3, -0.25) is 0 Å². The number of alkyl halides is 1. The van der Waals surface area contributed by atoms with Gasteiger partial charge in [0.2, 0.25) is 0 Å². The Bertz CT molecular complexity index is 344. The number of hydrogen-bond donors (Lipinski definition) is 0. The van der Waals surface area contributed by atoms with Crippen LogP contribution in [0.3, 0.4) is 0 Å². The molecule has 1 atom stereocenters. The Kier molecular flexibility index (Phi) is 6.01. The van der Waals surface area contributed by atoms with Gasteiger partial charge in [0.25, 0.3) is 0 Å². The molecule has 0 saturated heterocycles. The van der Waals surface area contributed by atoms with E-state index in [1.54, 1.807) is 0 Å². The normalized spacial score (nSPS) is 13.5. The van der Waals surface area contributed by atoms with Crippen LogP contribution in [0, 0.1) is 5.41 Å². The number of rotatable bonds is 5. The van der Waals surface area contributed by atoms with Crippen LogP contribution in [0.5, 0.6) is 5.75 Å². The van der Waals surface area contributed by atoms with Crippen LogP contribution in [0.1, 0.15) is 33.6 Å². The van der Waals surface area contributed by atoms with Gasteiger partial charge in [-0.2, -0.15) is 0 Å². The van der Waals surface area contributed by atoms with E-state index >= 15 is 0 Å². The first-order valence-electron chi connectivity index (χ1n) is 5.92. The molecule has 0 amide bonds. The van der Waals surface area contributed by atoms with Gasteiger partial charge in [-0.25, -0.2) is 0 Å². The minimum absolute atomic E-state index is 0.315. The number of ether oxygens (including phenoxy) is 1. The molecule has 17 heavy (non-hydrogen) atoms. The van der Waals surface area contributed by atoms with E-state index in [-0.39, 0.29) is 0 Å². The monoisotopic (exact) mass is 362 g/mol. The lowest BCUT2D eigenvalue weighted by Gasteiger charge is -2.25. The molecule has 0 N–H and O–H groups in total. The Balaban J connectivity index is 2.25. The van der Waals surface area contributed by atoms with E-state index in [2.05, 4.69) is 52.6 Å². The van der Waals surface area contributed by atoms with Crippen molar-refractivity contribution in [1.29, 1.82) is 0 Å². The zero-order valence-corrected chi connectivity index (χ0v) is 13.8. The fourth-order valence-corrected chi connectivity index (χ4v) is 2.14. The molecule has 0 aromatic heterocycles. The number of halogens is 2. The molecule has 0 aliphatic rings. The van der Waals surface area contributed by atoms with E-state index in [1.165, 1.54) is 0 Å². The van der Waals surface area contributed by atoms with Gasteiger partial charge in [-0.05, 0) is 36.5 Å². The summed E-state index contributed by atoms with van der Waals surface area (Å²) in [4.78, 5) is 0.543. The first-order valence-corrected chi connectivity index (χ1v) is 7.63. The van der Waals surface area contributed by atoms with Gasteiger partial charge >= 0.3 is 0 Å². The average molecular weight is 364 g/mol. The summed E-state index contributed by atoms with van der Waals surface area (Å²) in [5.41, 5.74) is 0.315. The second kappa shape index (κ2) is 6.79. The lowest BCUT2D eigenvalue weighted by Crippen LogP contribution is -2.20. The highest BCUT2D eigenvalue weighted by Gasteiger charge is 2.20. The zero-order chi connectivity index (χ0) is 12.9. The second-order valence-corrected chi connectivity index (χ2v) is 7.30. The molecule has 1 nitrogen and oxygen atoms in total. The highest BCUT2D eigenvalue weighted by Crippen LogP contribution is 2.29. The third kappa shape index (κ3) is 5.91. The van der Waals surface area contributed by atoms with Gasteiger partial charge in [-0.1, -0.05) is 58.7 Å². The topological polar surface area (TPSA) is 9.23 Å². The summed E-state index contributed by atoms with van der Waals surface area (Å²) in [6.07, 6.45) is 2.21. The SMILES string of the molecule is CC(C)(C)C(Br)CCCOc1cccc(Br)c1. The average Bonchev–Trinajstić information content (AvgIpc) is 2.23. The van der Waals surface area contributed by atoms with Crippen molar-refractivity contribution in [2.75, 3.05) is 6.61 Å². The summed E-state index contributed by atoms with van der Waals surface area (Å²) in [6, 6.07) is 7.97. The van der Waals surface area contributed by atoms with Crippen molar-refractivity contribution in [1.82, 2.24) is 0 Å². The smallest absolute Gasteiger partial charge is 0.120 e. The maximum absolute atomic E-state index is 5.70. The van der Waals surface area contributed by atoms with Gasteiger partial charge in [-0.15, -0.1) is 0 Å². The Morgan fingerprint density at radius 2 is 2.00 bits per heavy atom. The Morgan fingerprint density at radius 3 is 2.59 bits per heavy atom. The van der Waals surface area contributed by atoms with Crippen molar-refractivity contribution in [3.05, 3.63) is 28.7 Å². The summed E-state index contributed by atoms with van der Waals surface area (Å²) in [5.74, 6) is 0.932. The fraction of sp³-hybridized carbons (Fsp3) is 0.571. The summed E-state index contributed by atoms with van der Waals surface area (Å²) in [7, 11) is 0. The minimum Gasteiger partial charge on any atom is -0.494 e. The van der Waals surface area contributed by atoms with E-state index in [0.29, 0.717) is 10.2 Å². The van der Waals surface area contributed by atoms with Crippen LogP contribution in [0.2, 0.25) is 0 Å². The molecular formula is C14H20Br2O. The third-order valence-corrected chi connectivity index (χ3v) is 4.93. The molecule has 0 heterocycles. The van der Waals surface area contributed by atoms with Crippen molar-refractivity contribution in [3.8, 4) is 5.75 Å². The van der Waals surface area contributed by atoms with Crippen molar-refractivity contribution in [3.63, 3.8) is 0 Å². The lowest BCUT2D eigenvalue weighted by atomic mass is 9.90. The second-order valence-electron chi connectivity index (χ2n) is 5.28. The van der Waals surface area contributed by atoms with Crippen LogP contribution in [0.25, 0.3) is 0 Å². The highest BCUT2D eigenvalue weighted by atomic mass is 79.9. The minimum atomic E-state index is 0.315. The predicted molar refractivity (Wildman–Crippen MR) is 81.0 cm³/mol. The van der Waals surface area contributed by atoms with Crippen LogP contribution >= 0.6 is 31.9 Å². The molecule has 3 heteroatoms. The van der Waals surface area contributed by atoms with E-state index in [4.69, 9.17) is 4.74 Å². The third-order valence-electron chi connectivity index (χ3n) is 2.61. The maximum Gasteiger partial charge on any atom is 0.120 e. The molecular weight excluding hydrogens is 344 g/mol. The van der Waals surface area contributed by atoms with Gasteiger partial charge < -0.3 is 4.74 Å². The molecule has 0 aliphatic carbocycles. The molecule has 0 saturated carbocycles. The van der Waals surface area contributed by atoms with Crippen LogP contribution in [0.15, 0.2) is 28.7 Å². The van der Waals surface area contributed by atoms with Crippen molar-refractivity contribution in [2.24, 2.45) is 5.41 Å². The molecule has 96 valence electrons. The maximum atomic E-state index is 5.70. The number of hydrogen-bond acceptors (Lipinski definition) is 1. The van der Waals surface area contributed by atoms with Gasteiger partial charge in [0.15, 0.2) is 0 Å². The van der Waals surface area contributed by atoms with E-state index < -0.39 is 0 Å². The standard InChI is InChI=1S/C14H20Br2O/c1-14(2,3)13(16)8-5-9-17-12-7-4-6-11(15)10-12/h4,6-7,10,13H,5,8-9H2,1-3H3. The van der Waals surface area contributed by atoms with Crippen LogP contribution in [-0.4, -0.2) is 11.4 Å². The van der Waals surface area contributed by atoms with E-state index in [0.717, 1.165) is 29.7 Å². The number of benzene rings is 1. The molecule has 0 radical (unpaired) electrons. The predicted octanol–water partition coefficient (Wildman–Crippen LogP) is 5.42. The first kappa shape index (κ1) is 15.0. The zero-order valence-electron chi connectivity index (χ0n) is 10.7. The van der Waals surface area contributed by atoms with Crippen molar-refractivity contribution < 1.29 is 4.74 Å². The molecule has 0 aliphatic heterocycles. The van der Waals surface area contributed by atoms with E-state index in [1.807, 2.05) is 24.3 Å². The molecule has 1 unspecified atom stereocenters. The van der Waals surface area contributed by atoms with Crippen molar-refractivity contribution >= 4 is 31.9 Å². The summed E-state index contributed by atoms with van der Waals surface area (Å²) >= 11 is 7.17. The van der Waals surface area contributed by atoms with Gasteiger partial charge in [0.05, 0.1) is 6.61 Å². The molecule has 0 fully saturated rings. The van der Waals surface area contributed by atoms with E-state index in [9.17, 15) is 0 Å². The first-order chi connectivity index (χ1) is 7.89. The quantitative estimate of drug-likeness (QED) is 0.501. The Hall–Kier alpha value is -0.0200. The Morgan fingerprint density at radius 1 is 1.29 bits per heavy atom. The molecule has 1 aromatic rings. The summed E-state index contributed by atoms with van der Waals surface area (Å²) < 4.78 is 6.76. The summed E-state index contributed by atoms with van der Waals surface area (Å²) in [6.45, 7) is 7.53. The molecule has 1 aromatic carbocycles. The largest absolute Gasteiger partial charge is 0.494 e. The van der Waals surface area contributed by atoms with Crippen LogP contribution in [-0.2, 0) is 0 Å². The van der Waals surface area contributed by atoms with Crippen molar-refractivity contribution in [2.45, 2.75) is 38.4 Å². The van der Waals surface area contributed by atoms with Gasteiger partial charge in [0, 0.05) is 9.30 Å². The van der Waals surface area contributed by atoms with Crippen LogP contribution < -0.4 is 4.74 Å².